The van der Waals surface area contributed by atoms with Crippen molar-refractivity contribution in [1.82, 2.24) is 34.9 Å². The molecule has 12 nitrogen and oxygen atoms in total. The number of ether oxygens (including phenoxy) is 2. The second kappa shape index (κ2) is 13.7. The second-order valence-electron chi connectivity index (χ2n) is 13.6. The quantitative estimate of drug-likeness (QED) is 0.181. The van der Waals surface area contributed by atoms with E-state index >= 15 is 0 Å². The number of aryl methyl sites for hydroxylation is 2. The number of fused-ring (bicyclic) bond motifs is 2. The van der Waals surface area contributed by atoms with Gasteiger partial charge in [-0.05, 0) is 43.0 Å². The average Bonchev–Trinajstić information content (AvgIpc) is 3.85. The Balaban J connectivity index is 1.08. The van der Waals surface area contributed by atoms with Gasteiger partial charge >= 0.3 is 6.03 Å². The predicted octanol–water partition coefficient (Wildman–Crippen LogP) is 6.22. The smallest absolute Gasteiger partial charge is 0.318 e. The lowest BCUT2D eigenvalue weighted by Crippen LogP contribution is -2.46. The van der Waals surface area contributed by atoms with Crippen molar-refractivity contribution in [3.05, 3.63) is 92.5 Å². The lowest BCUT2D eigenvalue weighted by Gasteiger charge is -2.28. The van der Waals surface area contributed by atoms with Gasteiger partial charge < -0.3 is 25.0 Å². The van der Waals surface area contributed by atoms with E-state index in [9.17, 15) is 9.59 Å². The summed E-state index contributed by atoms with van der Waals surface area (Å²) < 4.78 is 12.4. The van der Waals surface area contributed by atoms with E-state index in [1.165, 1.54) is 10.2 Å². The molecule has 2 atom stereocenters. The van der Waals surface area contributed by atoms with E-state index in [4.69, 9.17) is 37.7 Å². The Labute approximate surface area is 310 Å². The molecule has 8 rings (SSSR count). The van der Waals surface area contributed by atoms with E-state index < -0.39 is 0 Å². The van der Waals surface area contributed by atoms with Crippen LogP contribution in [0.15, 0.2) is 65.7 Å². The van der Waals surface area contributed by atoms with Crippen LogP contribution in [0.5, 0.6) is 5.88 Å². The Hall–Kier alpha value is -4.75. The number of likely N-dealkylation sites (tertiary alicyclic amines) is 1. The van der Waals surface area contributed by atoms with Crippen molar-refractivity contribution >= 4 is 51.5 Å². The number of methoxy groups -OCH3 is 2. The van der Waals surface area contributed by atoms with Crippen LogP contribution in [0.25, 0.3) is 33.2 Å². The maximum Gasteiger partial charge on any atom is 0.318 e. The van der Waals surface area contributed by atoms with Gasteiger partial charge in [-0.15, -0.1) is 0 Å². The highest BCUT2D eigenvalue weighted by molar-refractivity contribution is 6.39. The Morgan fingerprint density at radius 3 is 2.63 bits per heavy atom. The van der Waals surface area contributed by atoms with Gasteiger partial charge in [0.05, 0.1) is 52.3 Å². The van der Waals surface area contributed by atoms with Crippen LogP contribution in [0.2, 0.25) is 10.0 Å². The molecule has 5 aromatic rings. The van der Waals surface area contributed by atoms with Gasteiger partial charge in [-0.1, -0.05) is 53.5 Å². The highest BCUT2D eigenvalue weighted by Gasteiger charge is 2.49. The van der Waals surface area contributed by atoms with E-state index in [-0.39, 0.29) is 23.2 Å². The number of hydrogen-bond donors (Lipinski definition) is 2. The summed E-state index contributed by atoms with van der Waals surface area (Å²) in [6, 6.07) is 15.4. The summed E-state index contributed by atoms with van der Waals surface area (Å²) >= 11 is 14.3. The van der Waals surface area contributed by atoms with Crippen LogP contribution < -0.4 is 20.9 Å². The van der Waals surface area contributed by atoms with Gasteiger partial charge in [-0.3, -0.25) is 9.69 Å². The fourth-order valence-corrected chi connectivity index (χ4v) is 8.58. The molecule has 3 aromatic heterocycles. The minimum atomic E-state index is -0.268. The molecule has 1 spiro atoms. The molecule has 14 heteroatoms. The summed E-state index contributed by atoms with van der Waals surface area (Å²) in [4.78, 5) is 39.5. The van der Waals surface area contributed by atoms with Gasteiger partial charge in [-0.25, -0.2) is 19.4 Å². The molecule has 0 unspecified atom stereocenters. The van der Waals surface area contributed by atoms with E-state index in [0.717, 1.165) is 49.0 Å². The Morgan fingerprint density at radius 1 is 1.04 bits per heavy atom. The van der Waals surface area contributed by atoms with Crippen LogP contribution in [0, 0.1) is 0 Å². The number of nitrogens with zero attached hydrogens (tertiary/aromatic N) is 6. The van der Waals surface area contributed by atoms with Gasteiger partial charge in [0.1, 0.15) is 5.82 Å². The molecule has 0 saturated carbocycles. The van der Waals surface area contributed by atoms with Gasteiger partial charge in [0.2, 0.25) is 5.88 Å². The fraction of sp³-hybridized carbons (Fsp3) is 0.342. The first kappa shape index (κ1) is 34.3. The molecule has 5 heterocycles. The minimum absolute atomic E-state index is 0.0234. The molecular weight excluding hydrogens is 703 g/mol. The third-order valence-electron chi connectivity index (χ3n) is 10.5. The largest absolute Gasteiger partial charge is 0.481 e. The standard InChI is InChI=1S/C38H38Cl2N8O4/c1-46-36(49)31-23(19-42-46)12-14-41-34(31)43-27-9-5-7-25(33(27)40)24-6-4-8-26(32(24)39)28-18-22-10-11-29(30(22)35(44-28)52-3)47-15-13-38(20-47)21-48(16-17-51-2)37(50)45-38/h4-9,12,14,18-19,29H,10-11,13,15-17,20-21H2,1-3H3,(H,41,43)(H,45,50)/t29-,38+/m0/s1. The molecule has 1 aliphatic carbocycles. The number of carbonyl (C=O) groups is 1. The third-order valence-corrected chi connectivity index (χ3v) is 11.4. The van der Waals surface area contributed by atoms with Crippen molar-refractivity contribution < 1.29 is 14.3 Å². The van der Waals surface area contributed by atoms with Crippen molar-refractivity contribution in [3.8, 4) is 28.3 Å². The van der Waals surface area contributed by atoms with E-state index in [2.05, 4.69) is 31.7 Å². The highest BCUT2D eigenvalue weighted by Crippen LogP contribution is 2.47. The zero-order chi connectivity index (χ0) is 36.1. The first-order valence-corrected chi connectivity index (χ1v) is 18.0. The lowest BCUT2D eigenvalue weighted by atomic mass is 9.99. The molecule has 268 valence electrons. The van der Waals surface area contributed by atoms with E-state index in [0.29, 0.717) is 69.2 Å². The van der Waals surface area contributed by atoms with Crippen LogP contribution in [0.4, 0.5) is 16.3 Å². The second-order valence-corrected chi connectivity index (χ2v) is 14.4. The van der Waals surface area contributed by atoms with Crippen molar-refractivity contribution in [3.63, 3.8) is 0 Å². The molecule has 0 radical (unpaired) electrons. The molecule has 52 heavy (non-hydrogen) atoms. The van der Waals surface area contributed by atoms with Crippen LogP contribution in [0.3, 0.4) is 0 Å². The number of pyridine rings is 2. The third kappa shape index (κ3) is 5.93. The molecular formula is C38H38Cl2N8O4. The molecule has 2 N–H and O–H groups in total. The zero-order valence-corrected chi connectivity index (χ0v) is 30.6. The number of urea groups is 1. The summed E-state index contributed by atoms with van der Waals surface area (Å²) in [5.41, 5.74) is 5.24. The van der Waals surface area contributed by atoms with Crippen LogP contribution in [-0.4, -0.2) is 88.1 Å². The molecule has 0 bridgehead atoms. The van der Waals surface area contributed by atoms with E-state index in [1.54, 1.807) is 39.7 Å². The van der Waals surface area contributed by atoms with Gasteiger partial charge in [0.15, 0.2) is 0 Å². The van der Waals surface area contributed by atoms with Gasteiger partial charge in [-0.2, -0.15) is 5.10 Å². The Bertz CT molecular complexity index is 2280. The normalized spacial score (nSPS) is 19.8. The number of benzene rings is 2. The van der Waals surface area contributed by atoms with Crippen LogP contribution in [-0.2, 0) is 18.2 Å². The van der Waals surface area contributed by atoms with E-state index in [1.807, 2.05) is 41.3 Å². The maximum absolute atomic E-state index is 13.0. The highest BCUT2D eigenvalue weighted by atomic mass is 35.5. The number of rotatable bonds is 9. The summed E-state index contributed by atoms with van der Waals surface area (Å²) in [6.07, 6.45) is 5.95. The van der Waals surface area contributed by atoms with Crippen molar-refractivity contribution in [2.45, 2.75) is 30.8 Å². The molecule has 2 amide bonds. The number of hydrogen-bond acceptors (Lipinski definition) is 9. The molecule has 2 aliphatic heterocycles. The minimum Gasteiger partial charge on any atom is -0.481 e. The number of halogens is 2. The first-order chi connectivity index (χ1) is 25.2. The van der Waals surface area contributed by atoms with Gasteiger partial charge in [0.25, 0.3) is 5.56 Å². The van der Waals surface area contributed by atoms with Crippen molar-refractivity contribution in [2.75, 3.05) is 52.3 Å². The zero-order valence-electron chi connectivity index (χ0n) is 29.1. The SMILES string of the molecule is COCCN1C[C@]2(CCN([C@H]3CCc4cc(-c5cccc(-c6cccc(Nc7nccc8cnn(C)c(=O)c78)c6Cl)c5Cl)nc(OC)c43)C2)NC1=O. The number of anilines is 2. The molecule has 2 saturated heterocycles. The summed E-state index contributed by atoms with van der Waals surface area (Å²) in [7, 11) is 4.91. The summed E-state index contributed by atoms with van der Waals surface area (Å²) in [5.74, 6) is 0.969. The molecule has 3 aliphatic rings. The summed E-state index contributed by atoms with van der Waals surface area (Å²) in [6.45, 7) is 3.42. The Morgan fingerprint density at radius 2 is 1.83 bits per heavy atom. The molecule has 2 fully saturated rings. The topological polar surface area (TPSA) is 127 Å². The first-order valence-electron chi connectivity index (χ1n) is 17.2. The number of carbonyl (C=O) groups excluding carboxylic acids is 1. The maximum atomic E-state index is 13.0. The summed E-state index contributed by atoms with van der Waals surface area (Å²) in [5, 5.41) is 12.7. The van der Waals surface area contributed by atoms with Gasteiger partial charge in [0, 0.05) is 80.2 Å². The predicted molar refractivity (Wildman–Crippen MR) is 202 cm³/mol. The number of nitrogens with one attached hydrogen (secondary N) is 2. The monoisotopic (exact) mass is 740 g/mol. The average molecular weight is 742 g/mol. The fourth-order valence-electron chi connectivity index (χ4n) is 7.98. The van der Waals surface area contributed by atoms with Crippen LogP contribution in [0.1, 0.15) is 30.0 Å². The van der Waals surface area contributed by atoms with Crippen molar-refractivity contribution in [2.24, 2.45) is 7.05 Å². The lowest BCUT2D eigenvalue weighted by molar-refractivity contribution is 0.158. The van der Waals surface area contributed by atoms with Crippen LogP contribution >= 0.6 is 23.2 Å². The number of amides is 2. The van der Waals surface area contributed by atoms with Crippen molar-refractivity contribution in [1.29, 1.82) is 0 Å². The Kier molecular flexibility index (Phi) is 9.02. The molecule has 2 aromatic carbocycles. The number of aromatic nitrogens is 4.